The van der Waals surface area contributed by atoms with E-state index in [0.717, 1.165) is 24.9 Å². The Hall–Kier alpha value is -8.26. The molecule has 542 valence electrons. The van der Waals surface area contributed by atoms with Crippen LogP contribution in [0.25, 0.3) is 0 Å². The SMILES string of the molecule is CC(=O)OC[C@H]1O[C@@H](ON)[C@H](C)[C@@H](OC(C)=O)[C@H]1OC(C)=O.CC(=O)OC[C@H]1O[C@H](Br)[C@H](C)[C@@H](OC(C)=O)[C@H]1OC(C)=O.O=C(CCCCCCC(=O)Nc1ccccc1)CO[C@@H]1O[C@H](CO)[C@H](O)[C@H](O)[C@H]1O.O=C(O)CC(=O)Nc1ccccc1.O=C1c2ccccc2C(=O)N1O. The molecule has 0 aliphatic carbocycles. The highest BCUT2D eigenvalue weighted by Crippen LogP contribution is 2.34. The molecule has 4 amide bonds. The van der Waals surface area contributed by atoms with Crippen LogP contribution in [0, 0.1) is 11.8 Å². The number of halogens is 1. The number of imide groups is 1. The number of hydrogen-bond donors (Lipinski definition) is 9. The first-order valence-electron chi connectivity index (χ1n) is 30.6. The molecule has 7 rings (SSSR count). The molecule has 3 aromatic carbocycles. The molecule has 0 bridgehead atoms. The second kappa shape index (κ2) is 43.2. The molecule has 0 aromatic heterocycles. The van der Waals surface area contributed by atoms with Gasteiger partial charge in [-0.2, -0.15) is 0 Å². The number of nitrogens with zero attached hydrogens (tertiary/aromatic N) is 1. The van der Waals surface area contributed by atoms with Crippen LogP contribution in [0.2, 0.25) is 0 Å². The maximum atomic E-state index is 11.9. The number of ether oxygens (including phenoxy) is 10. The van der Waals surface area contributed by atoms with Crippen molar-refractivity contribution in [2.24, 2.45) is 17.7 Å². The number of carboxylic acid groups (broad SMARTS) is 1. The number of Topliss-reactive ketones (excluding diaryl/α,β-unsaturated/α-hetero) is 1. The number of hydroxylamine groups is 2. The van der Waals surface area contributed by atoms with Crippen molar-refractivity contribution in [1.82, 2.24) is 5.06 Å². The van der Waals surface area contributed by atoms with Crippen LogP contribution in [0.3, 0.4) is 0 Å². The van der Waals surface area contributed by atoms with Gasteiger partial charge in [0.05, 0.1) is 17.7 Å². The van der Waals surface area contributed by atoms with E-state index in [1.807, 2.05) is 36.4 Å². The van der Waals surface area contributed by atoms with Gasteiger partial charge < -0.3 is 83.5 Å². The quantitative estimate of drug-likeness (QED) is 0.00909. The van der Waals surface area contributed by atoms with Gasteiger partial charge in [-0.1, -0.05) is 91.1 Å². The Morgan fingerprint density at radius 1 is 0.531 bits per heavy atom. The summed E-state index contributed by atoms with van der Waals surface area (Å²) in [6, 6.07) is 24.3. The first-order valence-corrected chi connectivity index (χ1v) is 31.5. The number of amides is 4. The number of para-hydroxylation sites is 2. The molecule has 0 unspecified atom stereocenters. The Bertz CT molecular complexity index is 3070. The van der Waals surface area contributed by atoms with Crippen LogP contribution in [0.1, 0.15) is 121 Å². The van der Waals surface area contributed by atoms with Gasteiger partial charge >= 0.3 is 41.8 Å². The fourth-order valence-electron chi connectivity index (χ4n) is 9.49. The van der Waals surface area contributed by atoms with Crippen LogP contribution < -0.4 is 16.5 Å². The molecular formula is C64H85BrN4O29. The molecule has 98 heavy (non-hydrogen) atoms. The number of carbonyl (C=O) groups excluding carboxylic acids is 11. The number of aliphatic hydroxyl groups excluding tert-OH is 4. The number of nitrogens with one attached hydrogen (secondary N) is 2. The summed E-state index contributed by atoms with van der Waals surface area (Å²) in [6.07, 6.45) is -9.49. The molecule has 0 spiro atoms. The third-order valence-electron chi connectivity index (χ3n) is 14.2. The lowest BCUT2D eigenvalue weighted by Gasteiger charge is -2.43. The number of fused-ring (bicyclic) bond motifs is 1. The number of hydrogen-bond acceptors (Lipinski definition) is 29. The number of benzene rings is 3. The van der Waals surface area contributed by atoms with E-state index in [-0.39, 0.29) is 60.0 Å². The Labute approximate surface area is 571 Å². The molecule has 3 aromatic rings. The maximum Gasteiger partial charge on any atom is 0.312 e. The molecule has 0 radical (unpaired) electrons. The van der Waals surface area contributed by atoms with Crippen LogP contribution in [0.15, 0.2) is 84.9 Å². The third-order valence-corrected chi connectivity index (χ3v) is 15.2. The second-order valence-corrected chi connectivity index (χ2v) is 23.1. The van der Waals surface area contributed by atoms with Gasteiger partial charge in [-0.05, 0) is 49.2 Å². The van der Waals surface area contributed by atoms with Gasteiger partial charge in [0.15, 0.2) is 30.6 Å². The number of anilines is 2. The second-order valence-electron chi connectivity index (χ2n) is 22.2. The predicted molar refractivity (Wildman–Crippen MR) is 339 cm³/mol. The monoisotopic (exact) mass is 1450 g/mol. The molecule has 4 aliphatic rings. The number of alkyl halides is 1. The van der Waals surface area contributed by atoms with Gasteiger partial charge in [-0.25, -0.2) is 5.90 Å². The van der Waals surface area contributed by atoms with Crippen LogP contribution in [-0.2, 0) is 100 Å². The fraction of sp³-hybridized carbons (Fsp3) is 0.531. The number of aliphatic carboxylic acids is 1. The molecule has 15 atom stereocenters. The van der Waals surface area contributed by atoms with E-state index in [2.05, 4.69) is 26.6 Å². The smallest absolute Gasteiger partial charge is 0.312 e. The largest absolute Gasteiger partial charge is 0.481 e. The van der Waals surface area contributed by atoms with E-state index in [1.165, 1.54) is 53.7 Å². The molecule has 34 heteroatoms. The Morgan fingerprint density at radius 3 is 1.39 bits per heavy atom. The molecule has 4 aliphatic heterocycles. The van der Waals surface area contributed by atoms with Crippen molar-refractivity contribution < 1.29 is 140 Å². The number of aliphatic hydroxyl groups is 4. The summed E-state index contributed by atoms with van der Waals surface area (Å²) in [5.41, 5.74) is 1.89. The van der Waals surface area contributed by atoms with Crippen molar-refractivity contribution in [2.75, 3.05) is 37.1 Å². The average molecular weight is 1450 g/mol. The Balaban J connectivity index is 0.000000331. The summed E-state index contributed by atoms with van der Waals surface area (Å²) < 4.78 is 52.2. The van der Waals surface area contributed by atoms with Crippen molar-refractivity contribution in [2.45, 2.75) is 179 Å². The highest BCUT2D eigenvalue weighted by molar-refractivity contribution is 9.09. The lowest BCUT2D eigenvalue weighted by Crippen LogP contribution is -2.59. The van der Waals surface area contributed by atoms with E-state index >= 15 is 0 Å². The lowest BCUT2D eigenvalue weighted by atomic mass is 9.92. The topological polar surface area (TPSA) is 481 Å². The maximum absolute atomic E-state index is 11.9. The minimum absolute atomic E-state index is 0.0368. The van der Waals surface area contributed by atoms with Crippen LogP contribution in [0.4, 0.5) is 11.4 Å². The molecule has 3 fully saturated rings. The number of nitrogens with two attached hydrogens (primary N) is 1. The van der Waals surface area contributed by atoms with Crippen molar-refractivity contribution in [3.8, 4) is 0 Å². The van der Waals surface area contributed by atoms with E-state index in [0.29, 0.717) is 18.5 Å². The van der Waals surface area contributed by atoms with Gasteiger partial charge in [-0.3, -0.25) is 67.6 Å². The summed E-state index contributed by atoms with van der Waals surface area (Å²) in [7, 11) is 0. The number of ketones is 1. The predicted octanol–water partition coefficient (Wildman–Crippen LogP) is 2.96. The normalized spacial score (nSPS) is 25.1. The lowest BCUT2D eigenvalue weighted by molar-refractivity contribution is -0.299. The van der Waals surface area contributed by atoms with E-state index < -0.39 is 157 Å². The standard InChI is InChI=1S/C21H31NO8.C13H19BrO7.C13H21NO8.C9H9NO3.C8H5NO3/c23-12-16-18(26)19(27)20(28)21(30-16)29-13-15(24)10-6-1-2-7-11-17(25)22-14-8-4-3-5-9-14;1-6-11(19-8(3)16)12(20-9(4)17)10(21-13(6)14)5-18-7(2)15;1-6-11(19-8(3)16)12(20-9(4)17)10(5-18-7(2)15)21-13(6)22-14;11-8(6-9(12)13)10-7-4-2-1-3-5-7;10-7-5-3-1-2-4-6(5)8(11)9(7)12/h3-5,8-9,16,18-21,23,26-28H,1-2,6-7,10-13H2,(H,22,25);6,10-13H,5H2,1-4H3;6,10-13H,5,14H2,1-4H3;1-5H,6H2,(H,10,11)(H,12,13);1-4,12H/t16-,18+,19+,20-,21-;2*6-,10-,11-,12+,13+;;/m111../s1. The van der Waals surface area contributed by atoms with Gasteiger partial charge in [0.1, 0.15) is 80.1 Å². The summed E-state index contributed by atoms with van der Waals surface area (Å²) in [5.74, 6) is -1.92. The zero-order chi connectivity index (χ0) is 73.3. The molecule has 4 heterocycles. The summed E-state index contributed by atoms with van der Waals surface area (Å²) in [4.78, 5) is 139. The van der Waals surface area contributed by atoms with E-state index in [1.54, 1.807) is 50.2 Å². The Morgan fingerprint density at radius 2 is 0.949 bits per heavy atom. The van der Waals surface area contributed by atoms with Gasteiger partial charge in [0.25, 0.3) is 11.8 Å². The number of esters is 6. The summed E-state index contributed by atoms with van der Waals surface area (Å²) in [5, 5.41) is 60.6. The zero-order valence-electron chi connectivity index (χ0n) is 55.0. The molecule has 10 N–H and O–H groups in total. The highest BCUT2D eigenvalue weighted by Gasteiger charge is 2.50. The van der Waals surface area contributed by atoms with Gasteiger partial charge in [-0.15, -0.1) is 5.06 Å². The minimum atomic E-state index is -1.53. The Kier molecular flexibility index (Phi) is 37.0. The van der Waals surface area contributed by atoms with E-state index in [9.17, 15) is 72.9 Å². The number of carboxylic acids is 1. The third kappa shape index (κ3) is 29.1. The number of unbranched alkanes of at least 4 members (excludes halogenated alkanes) is 3. The van der Waals surface area contributed by atoms with Crippen molar-refractivity contribution in [3.63, 3.8) is 0 Å². The number of carbonyl (C=O) groups is 12. The van der Waals surface area contributed by atoms with Crippen molar-refractivity contribution >= 4 is 98.5 Å². The highest BCUT2D eigenvalue weighted by atomic mass is 79.9. The molecule has 33 nitrogen and oxygen atoms in total. The van der Waals surface area contributed by atoms with Crippen molar-refractivity contribution in [1.29, 1.82) is 0 Å². The molecule has 3 saturated heterocycles. The fourth-order valence-corrected chi connectivity index (χ4v) is 10.1. The van der Waals surface area contributed by atoms with Crippen molar-refractivity contribution in [3.05, 3.63) is 96.1 Å². The summed E-state index contributed by atoms with van der Waals surface area (Å²) in [6.45, 7) is 9.78. The first-order chi connectivity index (χ1) is 46.3. The minimum Gasteiger partial charge on any atom is -0.481 e. The molecular weight excluding hydrogens is 1370 g/mol. The summed E-state index contributed by atoms with van der Waals surface area (Å²) >= 11 is 3.33. The van der Waals surface area contributed by atoms with Crippen LogP contribution in [-0.4, -0.2) is 212 Å². The number of rotatable bonds is 24. The van der Waals surface area contributed by atoms with Gasteiger partial charge in [0, 0.05) is 77.6 Å². The zero-order valence-corrected chi connectivity index (χ0v) is 56.6. The average Bonchev–Trinajstić information content (AvgIpc) is 1.17. The van der Waals surface area contributed by atoms with Crippen LogP contribution in [0.5, 0.6) is 0 Å². The van der Waals surface area contributed by atoms with Gasteiger partial charge in [0.2, 0.25) is 11.8 Å². The first kappa shape index (κ1) is 84.0. The van der Waals surface area contributed by atoms with Crippen LogP contribution >= 0.6 is 15.9 Å². The molecule has 0 saturated carbocycles. The van der Waals surface area contributed by atoms with E-state index in [4.69, 9.17) is 73.5 Å².